The molecule has 1 saturated heterocycles. The van der Waals surface area contributed by atoms with Gasteiger partial charge in [-0.1, -0.05) is 12.1 Å². The van der Waals surface area contributed by atoms with Crippen LogP contribution in [0.5, 0.6) is 5.75 Å². The first-order valence-electron chi connectivity index (χ1n) is 9.52. The summed E-state index contributed by atoms with van der Waals surface area (Å²) >= 11 is 0. The highest BCUT2D eigenvalue weighted by atomic mass is 16.5. The van der Waals surface area contributed by atoms with E-state index in [4.69, 9.17) is 4.74 Å². The smallest absolute Gasteiger partial charge is 0.233 e. The third-order valence-corrected chi connectivity index (χ3v) is 5.72. The normalized spacial score (nSPS) is 18.3. The van der Waals surface area contributed by atoms with Crippen molar-refractivity contribution in [3.05, 3.63) is 47.4 Å². The second-order valence-electron chi connectivity index (χ2n) is 7.51. The minimum Gasteiger partial charge on any atom is -0.497 e. The summed E-state index contributed by atoms with van der Waals surface area (Å²) in [6, 6.07) is 7.96. The number of aryl methyl sites for hydroxylation is 2. The van der Waals surface area contributed by atoms with Crippen molar-refractivity contribution in [1.82, 2.24) is 14.9 Å². The molecule has 0 spiro atoms. The van der Waals surface area contributed by atoms with Crippen LogP contribution in [0.1, 0.15) is 29.8 Å². The molecule has 27 heavy (non-hydrogen) atoms. The molecule has 0 radical (unpaired) electrons. The average Bonchev–Trinajstić information content (AvgIpc) is 3.51. The molecule has 1 aromatic heterocycles. The first kappa shape index (κ1) is 17.8. The maximum atomic E-state index is 13.2. The van der Waals surface area contributed by atoms with E-state index in [1.807, 2.05) is 43.0 Å². The topological polar surface area (TPSA) is 58.6 Å². The SMILES string of the molecule is COc1ccc(C2(C(=O)N3CCN(c4nc(C)cnc4C)CC3)CC2)cc1. The Balaban J connectivity index is 1.44. The van der Waals surface area contributed by atoms with E-state index in [1.165, 1.54) is 0 Å². The number of ether oxygens (including phenoxy) is 1. The van der Waals surface area contributed by atoms with Gasteiger partial charge in [-0.2, -0.15) is 0 Å². The minimum absolute atomic E-state index is 0.263. The quantitative estimate of drug-likeness (QED) is 0.832. The van der Waals surface area contributed by atoms with Crippen molar-refractivity contribution in [3.63, 3.8) is 0 Å². The molecule has 2 fully saturated rings. The monoisotopic (exact) mass is 366 g/mol. The van der Waals surface area contributed by atoms with Crippen molar-refractivity contribution in [2.75, 3.05) is 38.2 Å². The molecule has 2 aromatic rings. The van der Waals surface area contributed by atoms with Crippen LogP contribution in [0.4, 0.5) is 5.82 Å². The van der Waals surface area contributed by atoms with Gasteiger partial charge in [0.05, 0.1) is 23.9 Å². The molecular weight excluding hydrogens is 340 g/mol. The van der Waals surface area contributed by atoms with Gasteiger partial charge in [0.15, 0.2) is 0 Å². The highest BCUT2D eigenvalue weighted by molar-refractivity contribution is 5.91. The maximum Gasteiger partial charge on any atom is 0.233 e. The molecule has 0 bridgehead atoms. The van der Waals surface area contributed by atoms with Crippen LogP contribution < -0.4 is 9.64 Å². The van der Waals surface area contributed by atoms with Crippen LogP contribution in [0.15, 0.2) is 30.5 Å². The molecule has 6 nitrogen and oxygen atoms in total. The summed E-state index contributed by atoms with van der Waals surface area (Å²) in [4.78, 5) is 26.6. The first-order valence-corrected chi connectivity index (χ1v) is 9.52. The molecule has 0 N–H and O–H groups in total. The molecule has 0 unspecified atom stereocenters. The fraction of sp³-hybridized carbons (Fsp3) is 0.476. The van der Waals surface area contributed by atoms with Crippen molar-refractivity contribution < 1.29 is 9.53 Å². The van der Waals surface area contributed by atoms with Gasteiger partial charge in [0.1, 0.15) is 11.6 Å². The summed E-state index contributed by atoms with van der Waals surface area (Å²) in [5.74, 6) is 2.03. The standard InChI is InChI=1S/C21H26N4O2/c1-15-14-22-16(2)19(23-15)24-10-12-25(13-11-24)20(26)21(8-9-21)17-4-6-18(27-3)7-5-17/h4-7,14H,8-13H2,1-3H3. The van der Waals surface area contributed by atoms with Crippen LogP contribution in [0.2, 0.25) is 0 Å². The van der Waals surface area contributed by atoms with E-state index in [0.717, 1.165) is 67.5 Å². The molecule has 2 aliphatic rings. The second-order valence-corrected chi connectivity index (χ2v) is 7.51. The number of amides is 1. The number of anilines is 1. The molecule has 6 heteroatoms. The average molecular weight is 366 g/mol. The molecule has 1 aliphatic heterocycles. The molecule has 1 aliphatic carbocycles. The van der Waals surface area contributed by atoms with Gasteiger partial charge in [0.25, 0.3) is 0 Å². The molecule has 4 rings (SSSR count). The second kappa shape index (κ2) is 6.83. The van der Waals surface area contributed by atoms with Crippen LogP contribution in [-0.4, -0.2) is 54.1 Å². The first-order chi connectivity index (χ1) is 13.0. The Bertz CT molecular complexity index is 838. The number of carbonyl (C=O) groups is 1. The number of nitrogens with zero attached hydrogens (tertiary/aromatic N) is 4. The van der Waals surface area contributed by atoms with Gasteiger partial charge >= 0.3 is 0 Å². The summed E-state index contributed by atoms with van der Waals surface area (Å²) in [5.41, 5.74) is 2.65. The van der Waals surface area contributed by atoms with Crippen LogP contribution in [0.3, 0.4) is 0 Å². The van der Waals surface area contributed by atoms with Gasteiger partial charge in [-0.3, -0.25) is 9.78 Å². The fourth-order valence-electron chi connectivity index (χ4n) is 3.91. The third kappa shape index (κ3) is 3.24. The maximum absolute atomic E-state index is 13.2. The van der Waals surface area contributed by atoms with E-state index < -0.39 is 0 Å². The van der Waals surface area contributed by atoms with E-state index >= 15 is 0 Å². The minimum atomic E-state index is -0.326. The Morgan fingerprint density at radius 1 is 1.07 bits per heavy atom. The summed E-state index contributed by atoms with van der Waals surface area (Å²) in [6.45, 7) is 6.99. The summed E-state index contributed by atoms with van der Waals surface area (Å²) in [5, 5.41) is 0. The molecule has 2 heterocycles. The van der Waals surface area contributed by atoms with Gasteiger partial charge in [-0.25, -0.2) is 4.98 Å². The van der Waals surface area contributed by atoms with Gasteiger partial charge in [-0.05, 0) is 44.4 Å². The lowest BCUT2D eigenvalue weighted by atomic mass is 9.94. The lowest BCUT2D eigenvalue weighted by Crippen LogP contribution is -2.52. The van der Waals surface area contributed by atoms with Gasteiger partial charge < -0.3 is 14.5 Å². The number of piperazine rings is 1. The van der Waals surface area contributed by atoms with Gasteiger partial charge in [0, 0.05) is 32.4 Å². The molecular formula is C21H26N4O2. The van der Waals surface area contributed by atoms with E-state index in [0.29, 0.717) is 0 Å². The molecule has 1 amide bonds. The Hall–Kier alpha value is -2.63. The number of aromatic nitrogens is 2. The number of benzene rings is 1. The lowest BCUT2D eigenvalue weighted by Gasteiger charge is -2.37. The molecule has 1 aromatic carbocycles. The predicted molar refractivity (Wildman–Crippen MR) is 104 cm³/mol. The fourth-order valence-corrected chi connectivity index (χ4v) is 3.91. The van der Waals surface area contributed by atoms with Gasteiger partial charge in [0.2, 0.25) is 5.91 Å². The number of carbonyl (C=O) groups excluding carboxylic acids is 1. The number of hydrogen-bond donors (Lipinski definition) is 0. The van der Waals surface area contributed by atoms with E-state index in [2.05, 4.69) is 14.9 Å². The van der Waals surface area contributed by atoms with Crippen LogP contribution in [0.25, 0.3) is 0 Å². The van der Waals surface area contributed by atoms with Crippen molar-refractivity contribution in [2.24, 2.45) is 0 Å². The number of hydrogen-bond acceptors (Lipinski definition) is 5. The van der Waals surface area contributed by atoms with Crippen molar-refractivity contribution in [3.8, 4) is 5.75 Å². The lowest BCUT2D eigenvalue weighted by molar-refractivity contribution is -0.134. The van der Waals surface area contributed by atoms with Crippen LogP contribution in [0, 0.1) is 13.8 Å². The van der Waals surface area contributed by atoms with E-state index in [9.17, 15) is 4.79 Å². The van der Waals surface area contributed by atoms with Gasteiger partial charge in [-0.15, -0.1) is 0 Å². The Labute approximate surface area is 160 Å². The Morgan fingerprint density at radius 2 is 1.74 bits per heavy atom. The van der Waals surface area contributed by atoms with Crippen LogP contribution >= 0.6 is 0 Å². The zero-order valence-corrected chi connectivity index (χ0v) is 16.2. The van der Waals surface area contributed by atoms with Crippen molar-refractivity contribution in [2.45, 2.75) is 32.1 Å². The number of rotatable bonds is 4. The zero-order chi connectivity index (χ0) is 19.0. The highest BCUT2D eigenvalue weighted by Gasteiger charge is 2.53. The van der Waals surface area contributed by atoms with Crippen LogP contribution in [-0.2, 0) is 10.2 Å². The largest absolute Gasteiger partial charge is 0.497 e. The third-order valence-electron chi connectivity index (χ3n) is 5.72. The molecule has 0 atom stereocenters. The predicted octanol–water partition coefficient (Wildman–Crippen LogP) is 2.48. The summed E-state index contributed by atoms with van der Waals surface area (Å²) in [7, 11) is 1.66. The van der Waals surface area contributed by atoms with E-state index in [-0.39, 0.29) is 11.3 Å². The van der Waals surface area contributed by atoms with E-state index in [1.54, 1.807) is 13.3 Å². The zero-order valence-electron chi connectivity index (χ0n) is 16.2. The highest BCUT2D eigenvalue weighted by Crippen LogP contribution is 2.50. The number of methoxy groups -OCH3 is 1. The Morgan fingerprint density at radius 3 is 2.33 bits per heavy atom. The summed E-state index contributed by atoms with van der Waals surface area (Å²) < 4.78 is 5.24. The molecule has 142 valence electrons. The van der Waals surface area contributed by atoms with Crippen molar-refractivity contribution in [1.29, 1.82) is 0 Å². The van der Waals surface area contributed by atoms with Crippen molar-refractivity contribution >= 4 is 11.7 Å². The Kier molecular flexibility index (Phi) is 4.50. The molecule has 1 saturated carbocycles. The summed E-state index contributed by atoms with van der Waals surface area (Å²) in [6.07, 6.45) is 3.66.